The molecule has 0 saturated heterocycles. The largest absolute Gasteiger partial charge is 0.455 e. The molecule has 12 heteroatoms. The predicted molar refractivity (Wildman–Crippen MR) is 173 cm³/mol. The number of fused-ring (bicyclic) bond motifs is 2. The monoisotopic (exact) mass is 649 g/mol. The van der Waals surface area contributed by atoms with Gasteiger partial charge in [-0.25, -0.2) is 17.8 Å². The zero-order valence-electron chi connectivity index (χ0n) is 23.9. The van der Waals surface area contributed by atoms with Crippen molar-refractivity contribution in [3.63, 3.8) is 0 Å². The maximum atomic E-state index is 13.7. The maximum Gasteiger partial charge on any atom is 0.255 e. The van der Waals surface area contributed by atoms with E-state index < -0.39 is 15.7 Å². The third-order valence-electron chi connectivity index (χ3n) is 7.27. The third kappa shape index (κ3) is 5.21. The molecule has 6 aromatic rings. The van der Waals surface area contributed by atoms with Gasteiger partial charge in [-0.2, -0.15) is 0 Å². The first-order chi connectivity index (χ1) is 21.0. The van der Waals surface area contributed by atoms with Crippen LogP contribution < -0.4 is 9.62 Å². The van der Waals surface area contributed by atoms with Gasteiger partial charge >= 0.3 is 0 Å². The molecule has 224 valence electrons. The second-order valence-corrected chi connectivity index (χ2v) is 13.3. The Morgan fingerprint density at radius 1 is 0.977 bits per heavy atom. The van der Waals surface area contributed by atoms with Gasteiger partial charge in [0.1, 0.15) is 22.7 Å². The van der Waals surface area contributed by atoms with Crippen molar-refractivity contribution >= 4 is 67.0 Å². The Balaban J connectivity index is 1.64. The summed E-state index contributed by atoms with van der Waals surface area (Å²) in [6, 6.07) is 19.4. The fourth-order valence-corrected chi connectivity index (χ4v) is 6.51. The van der Waals surface area contributed by atoms with E-state index in [0.717, 1.165) is 11.9 Å². The van der Waals surface area contributed by atoms with Crippen molar-refractivity contribution in [3.05, 3.63) is 89.2 Å². The first-order valence-electron chi connectivity index (χ1n) is 13.3. The van der Waals surface area contributed by atoms with Gasteiger partial charge in [0.15, 0.2) is 15.4 Å². The number of nitrogens with zero attached hydrogens (tertiary/aromatic N) is 2. The van der Waals surface area contributed by atoms with Gasteiger partial charge in [-0.1, -0.05) is 35.7 Å². The minimum absolute atomic E-state index is 0.0396. The molecule has 2 aromatic heterocycles. The van der Waals surface area contributed by atoms with Gasteiger partial charge in [-0.05, 0) is 60.2 Å². The molecule has 4 aromatic carbocycles. The summed E-state index contributed by atoms with van der Waals surface area (Å²) in [5.74, 6) is -0.390. The number of carbonyl (C=O) groups is 1. The van der Waals surface area contributed by atoms with Crippen molar-refractivity contribution in [1.29, 1.82) is 0 Å². The SMILES string of the molecule is CNC(=O)c1c(-c2ccc(F)cc2)oc2cc(N(C)SC)c(-c3ccc(S(C)(=O)=O)c(-c4nc5c(Cl)cccc5o4)c3)cc12. The van der Waals surface area contributed by atoms with Crippen LogP contribution in [0.3, 0.4) is 0 Å². The van der Waals surface area contributed by atoms with E-state index in [4.69, 9.17) is 20.4 Å². The molecule has 0 radical (unpaired) electrons. The summed E-state index contributed by atoms with van der Waals surface area (Å²) in [4.78, 5) is 17.8. The lowest BCUT2D eigenvalue weighted by atomic mass is 9.97. The van der Waals surface area contributed by atoms with Crippen LogP contribution in [0, 0.1) is 5.82 Å². The summed E-state index contributed by atoms with van der Waals surface area (Å²) < 4.78 is 53.6. The fraction of sp³-hybridized carbons (Fsp3) is 0.125. The van der Waals surface area contributed by atoms with Crippen LogP contribution in [0.15, 0.2) is 86.5 Å². The minimum Gasteiger partial charge on any atom is -0.455 e. The number of rotatable bonds is 7. The Hall–Kier alpha value is -4.32. The number of sulfone groups is 1. The number of benzene rings is 4. The molecule has 0 aliphatic heterocycles. The van der Waals surface area contributed by atoms with E-state index in [2.05, 4.69) is 10.3 Å². The predicted octanol–water partition coefficient (Wildman–Crippen LogP) is 7.84. The lowest BCUT2D eigenvalue weighted by molar-refractivity contribution is 0.0964. The molecule has 0 unspecified atom stereocenters. The van der Waals surface area contributed by atoms with E-state index in [1.807, 2.05) is 29.7 Å². The molecule has 1 N–H and O–H groups in total. The Kier molecular flexibility index (Phi) is 7.64. The summed E-state index contributed by atoms with van der Waals surface area (Å²) in [7, 11) is -0.282. The molecule has 0 aliphatic carbocycles. The summed E-state index contributed by atoms with van der Waals surface area (Å²) >= 11 is 7.80. The molecule has 0 aliphatic rings. The van der Waals surface area contributed by atoms with Crippen LogP contribution in [0.1, 0.15) is 10.4 Å². The number of hydrogen-bond acceptors (Lipinski definition) is 8. The molecular formula is C32H25ClFN3O5S2. The summed E-state index contributed by atoms with van der Waals surface area (Å²) in [5.41, 5.74) is 4.46. The van der Waals surface area contributed by atoms with Crippen molar-refractivity contribution in [2.45, 2.75) is 4.90 Å². The maximum absolute atomic E-state index is 13.7. The van der Waals surface area contributed by atoms with E-state index in [9.17, 15) is 17.6 Å². The topological polar surface area (TPSA) is 106 Å². The van der Waals surface area contributed by atoms with Crippen LogP contribution in [0.5, 0.6) is 0 Å². The first kappa shape index (κ1) is 29.7. The Bertz CT molecular complexity index is 2190. The van der Waals surface area contributed by atoms with Crippen LogP contribution in [-0.4, -0.2) is 45.9 Å². The number of amides is 1. The number of carbonyl (C=O) groups excluding carboxylic acids is 1. The van der Waals surface area contributed by atoms with Crippen LogP contribution in [0.25, 0.3) is 56.0 Å². The number of anilines is 1. The number of para-hydroxylation sites is 1. The van der Waals surface area contributed by atoms with Crippen LogP contribution >= 0.6 is 23.5 Å². The molecular weight excluding hydrogens is 625 g/mol. The van der Waals surface area contributed by atoms with Gasteiger partial charge in [-0.15, -0.1) is 0 Å². The Morgan fingerprint density at radius 3 is 2.36 bits per heavy atom. The van der Waals surface area contributed by atoms with Gasteiger partial charge in [0.05, 0.1) is 26.7 Å². The van der Waals surface area contributed by atoms with E-state index >= 15 is 0 Å². The summed E-state index contributed by atoms with van der Waals surface area (Å²) in [6.45, 7) is 0. The molecule has 44 heavy (non-hydrogen) atoms. The second-order valence-electron chi connectivity index (χ2n) is 10.0. The lowest BCUT2D eigenvalue weighted by Crippen LogP contribution is -2.18. The normalized spacial score (nSPS) is 11.8. The van der Waals surface area contributed by atoms with Gasteiger partial charge in [0, 0.05) is 49.2 Å². The smallest absolute Gasteiger partial charge is 0.255 e. The number of nitrogens with one attached hydrogen (secondary N) is 1. The van der Waals surface area contributed by atoms with Crippen molar-refractivity contribution in [2.75, 3.05) is 30.9 Å². The highest BCUT2D eigenvalue weighted by Crippen LogP contribution is 2.43. The highest BCUT2D eigenvalue weighted by Gasteiger charge is 2.26. The molecule has 0 fully saturated rings. The van der Waals surface area contributed by atoms with E-state index in [1.54, 1.807) is 42.5 Å². The van der Waals surface area contributed by atoms with Crippen molar-refractivity contribution in [2.24, 2.45) is 0 Å². The van der Waals surface area contributed by atoms with Gasteiger partial charge in [0.2, 0.25) is 5.89 Å². The zero-order chi connectivity index (χ0) is 31.3. The Morgan fingerprint density at radius 2 is 1.70 bits per heavy atom. The van der Waals surface area contributed by atoms with Crippen LogP contribution in [0.4, 0.5) is 10.1 Å². The molecule has 2 heterocycles. The summed E-state index contributed by atoms with van der Waals surface area (Å²) in [6.07, 6.45) is 3.04. The lowest BCUT2D eigenvalue weighted by Gasteiger charge is -2.20. The van der Waals surface area contributed by atoms with E-state index in [1.165, 1.54) is 37.2 Å². The van der Waals surface area contributed by atoms with Gasteiger partial charge < -0.3 is 18.5 Å². The van der Waals surface area contributed by atoms with Gasteiger partial charge in [-0.3, -0.25) is 4.79 Å². The highest BCUT2D eigenvalue weighted by atomic mass is 35.5. The molecule has 6 rings (SSSR count). The standard InChI is InChI=1S/C32H25ClFN3O5S2/c1-35-31(38)28-21-15-20(24(37(2)43-3)16-26(21)41-30(28)17-8-11-19(34)12-9-17)18-10-13-27(44(4,39)40)22(14-18)32-36-29-23(33)6-5-7-25(29)42-32/h5-16H,1-4H3,(H,35,38). The van der Waals surface area contributed by atoms with Gasteiger partial charge in [0.25, 0.3) is 5.91 Å². The minimum atomic E-state index is -3.69. The van der Waals surface area contributed by atoms with Crippen molar-refractivity contribution < 1.29 is 26.4 Å². The fourth-order valence-electron chi connectivity index (χ4n) is 5.10. The molecule has 0 bridgehead atoms. The summed E-state index contributed by atoms with van der Waals surface area (Å²) in [5, 5.41) is 3.58. The van der Waals surface area contributed by atoms with Crippen LogP contribution in [-0.2, 0) is 9.84 Å². The number of halogens is 2. The third-order valence-corrected chi connectivity index (χ3v) is 9.47. The molecule has 8 nitrogen and oxygen atoms in total. The van der Waals surface area contributed by atoms with Crippen molar-refractivity contribution in [1.82, 2.24) is 10.3 Å². The quantitative estimate of drug-likeness (QED) is 0.174. The average Bonchev–Trinajstić information content (AvgIpc) is 3.62. The number of furan rings is 1. The molecule has 0 atom stereocenters. The van der Waals surface area contributed by atoms with Crippen LogP contribution in [0.2, 0.25) is 5.02 Å². The van der Waals surface area contributed by atoms with Crippen molar-refractivity contribution in [3.8, 4) is 33.9 Å². The Labute approximate surface area is 261 Å². The average molecular weight is 650 g/mol. The number of oxazole rings is 1. The number of aromatic nitrogens is 1. The highest BCUT2D eigenvalue weighted by molar-refractivity contribution is 7.99. The number of hydrogen-bond donors (Lipinski definition) is 1. The molecule has 0 spiro atoms. The second kappa shape index (κ2) is 11.3. The van der Waals surface area contributed by atoms with E-state index in [-0.39, 0.29) is 27.8 Å². The first-order valence-corrected chi connectivity index (χ1v) is 16.7. The van der Waals surface area contributed by atoms with E-state index in [0.29, 0.717) is 49.5 Å². The zero-order valence-corrected chi connectivity index (χ0v) is 26.3. The molecule has 1 amide bonds. The molecule has 0 saturated carbocycles.